The molecular formula is C34H31Cl3NO2Ti. The van der Waals surface area contributed by atoms with Gasteiger partial charge in [0.2, 0.25) is 0 Å². The summed E-state index contributed by atoms with van der Waals surface area (Å²) in [5.41, 5.74) is 6.35. The molecule has 7 heteroatoms. The molecule has 0 fully saturated rings. The molecule has 0 heterocycles. The number of methoxy groups -OCH3 is 1. The van der Waals surface area contributed by atoms with Gasteiger partial charge in [-0.05, 0) is 47.2 Å². The van der Waals surface area contributed by atoms with Crippen molar-refractivity contribution in [1.29, 1.82) is 0 Å². The van der Waals surface area contributed by atoms with Crippen LogP contribution in [0.3, 0.4) is 0 Å². The van der Waals surface area contributed by atoms with Gasteiger partial charge in [-0.25, -0.2) is 0 Å². The van der Waals surface area contributed by atoms with E-state index in [2.05, 4.69) is 69.3 Å². The van der Waals surface area contributed by atoms with Crippen molar-refractivity contribution < 1.29 is 24.5 Å². The Labute approximate surface area is 259 Å². The van der Waals surface area contributed by atoms with Gasteiger partial charge in [-0.1, -0.05) is 98.8 Å². The SMILES string of the molecule is COc1ccccc1-c1cccc2cccc(N=Cc3cc(C)cc(C(C)(C)c4ccccc4)c3O)c12.[Cl][Ti]([Cl])[Cl]. The van der Waals surface area contributed by atoms with Gasteiger partial charge in [0, 0.05) is 33.7 Å². The van der Waals surface area contributed by atoms with E-state index in [-0.39, 0.29) is 11.2 Å². The number of phenols is 1. The summed E-state index contributed by atoms with van der Waals surface area (Å²) in [5, 5.41) is 13.5. The number of fused-ring (bicyclic) bond motifs is 1. The average Bonchev–Trinajstić information content (AvgIpc) is 2.97. The Morgan fingerprint density at radius 2 is 1.41 bits per heavy atom. The van der Waals surface area contributed by atoms with Gasteiger partial charge >= 0.3 is 42.6 Å². The first-order valence-corrected chi connectivity index (χ1v) is 19.5. The Kier molecular flexibility index (Phi) is 10.6. The molecule has 0 atom stereocenters. The Bertz CT molecular complexity index is 1660. The minimum absolute atomic E-state index is 0.258. The Morgan fingerprint density at radius 3 is 2.10 bits per heavy atom. The van der Waals surface area contributed by atoms with Crippen LogP contribution in [0.25, 0.3) is 21.9 Å². The number of ether oxygens (including phenoxy) is 1. The number of hydrogen-bond donors (Lipinski definition) is 1. The molecule has 0 aromatic heterocycles. The number of benzene rings is 5. The topological polar surface area (TPSA) is 41.8 Å². The summed E-state index contributed by atoms with van der Waals surface area (Å²) >= 11 is -1.92. The summed E-state index contributed by atoms with van der Waals surface area (Å²) in [6.45, 7) is 6.34. The minimum atomic E-state index is -1.92. The number of rotatable bonds is 6. The predicted molar refractivity (Wildman–Crippen MR) is 172 cm³/mol. The summed E-state index contributed by atoms with van der Waals surface area (Å²) in [4.78, 5) is 4.92. The van der Waals surface area contributed by atoms with Crippen molar-refractivity contribution in [3.63, 3.8) is 0 Å². The molecule has 0 aliphatic carbocycles. The van der Waals surface area contributed by atoms with Crippen molar-refractivity contribution >= 4 is 50.6 Å². The third kappa shape index (κ3) is 7.35. The van der Waals surface area contributed by atoms with Crippen LogP contribution in [0, 0.1) is 6.92 Å². The van der Waals surface area contributed by atoms with Crippen molar-refractivity contribution in [3.8, 4) is 22.6 Å². The number of phenolic OH excluding ortho intramolecular Hbond substituents is 1. The molecule has 0 unspecified atom stereocenters. The summed E-state index contributed by atoms with van der Waals surface area (Å²) in [6, 6.07) is 34.7. The zero-order valence-corrected chi connectivity index (χ0v) is 27.2. The molecular weight excluding hydrogens is 609 g/mol. The molecule has 0 amide bonds. The quantitative estimate of drug-likeness (QED) is 0.148. The van der Waals surface area contributed by atoms with E-state index >= 15 is 0 Å². The molecule has 0 aliphatic heterocycles. The first-order valence-electron chi connectivity index (χ1n) is 13.1. The number of hydrogen-bond acceptors (Lipinski definition) is 3. The fourth-order valence-electron chi connectivity index (χ4n) is 5.05. The van der Waals surface area contributed by atoms with Crippen molar-refractivity contribution in [2.45, 2.75) is 26.2 Å². The van der Waals surface area contributed by atoms with Crippen LogP contribution in [0.4, 0.5) is 5.69 Å². The molecule has 5 aromatic rings. The molecule has 3 nitrogen and oxygen atoms in total. The monoisotopic (exact) mass is 638 g/mol. The third-order valence-corrected chi connectivity index (χ3v) is 7.08. The fraction of sp³-hybridized carbons (Fsp3) is 0.147. The number of aryl methyl sites for hydroxylation is 1. The Balaban J connectivity index is 0.000000909. The second-order valence-electron chi connectivity index (χ2n) is 10.1. The van der Waals surface area contributed by atoms with Crippen molar-refractivity contribution in [1.82, 2.24) is 0 Å². The number of halogens is 3. The van der Waals surface area contributed by atoms with Gasteiger partial charge in [0.1, 0.15) is 11.5 Å². The van der Waals surface area contributed by atoms with E-state index in [0.29, 0.717) is 5.56 Å². The average molecular weight is 640 g/mol. The summed E-state index contributed by atoms with van der Waals surface area (Å²) in [5.74, 6) is 1.08. The molecule has 0 bridgehead atoms. The predicted octanol–water partition coefficient (Wildman–Crippen LogP) is 10.7. The van der Waals surface area contributed by atoms with Crippen LogP contribution in [-0.4, -0.2) is 18.4 Å². The maximum absolute atomic E-state index is 11.4. The second kappa shape index (κ2) is 13.9. The molecule has 0 saturated carbocycles. The molecule has 5 rings (SSSR count). The normalized spacial score (nSPS) is 11.3. The summed E-state index contributed by atoms with van der Waals surface area (Å²) in [6.07, 6.45) is 1.78. The first-order chi connectivity index (χ1) is 19.6. The molecule has 5 aromatic carbocycles. The second-order valence-corrected chi connectivity index (χ2v) is 17.8. The summed E-state index contributed by atoms with van der Waals surface area (Å²) in [7, 11) is 16.6. The van der Waals surface area contributed by atoms with E-state index in [1.54, 1.807) is 13.3 Å². The van der Waals surface area contributed by atoms with Crippen LogP contribution in [-0.2, 0) is 20.1 Å². The van der Waals surface area contributed by atoms with Crippen LogP contribution in [0.2, 0.25) is 0 Å². The number of nitrogens with zero attached hydrogens (tertiary/aromatic N) is 1. The van der Waals surface area contributed by atoms with Crippen molar-refractivity contribution in [2.24, 2.45) is 4.99 Å². The zero-order valence-electron chi connectivity index (χ0n) is 23.3. The van der Waals surface area contributed by atoms with Gasteiger partial charge in [0.15, 0.2) is 0 Å². The number of aliphatic imine (C=N–C) groups is 1. The van der Waals surface area contributed by atoms with Crippen LogP contribution in [0.1, 0.15) is 36.1 Å². The third-order valence-electron chi connectivity index (χ3n) is 7.08. The van der Waals surface area contributed by atoms with Crippen LogP contribution in [0.5, 0.6) is 11.5 Å². The molecule has 0 aliphatic rings. The zero-order chi connectivity index (χ0) is 29.6. The number of para-hydroxylation sites is 1. The fourth-order valence-corrected chi connectivity index (χ4v) is 5.05. The maximum atomic E-state index is 11.4. The van der Waals surface area contributed by atoms with Gasteiger partial charge in [0.05, 0.1) is 12.8 Å². The first kappa shape index (κ1) is 31.2. The van der Waals surface area contributed by atoms with Crippen LogP contribution in [0.15, 0.2) is 108 Å². The van der Waals surface area contributed by atoms with Crippen LogP contribution >= 0.6 is 27.9 Å². The van der Waals surface area contributed by atoms with E-state index in [0.717, 1.165) is 50.0 Å². The van der Waals surface area contributed by atoms with E-state index in [1.165, 1.54) is 0 Å². The molecule has 0 saturated heterocycles. The Morgan fingerprint density at radius 1 is 0.805 bits per heavy atom. The van der Waals surface area contributed by atoms with E-state index in [9.17, 15) is 5.11 Å². The molecule has 41 heavy (non-hydrogen) atoms. The van der Waals surface area contributed by atoms with Gasteiger partial charge < -0.3 is 9.84 Å². The van der Waals surface area contributed by atoms with E-state index in [4.69, 9.17) is 37.6 Å². The van der Waals surface area contributed by atoms with Gasteiger partial charge in [-0.15, -0.1) is 0 Å². The van der Waals surface area contributed by atoms with Gasteiger partial charge in [0.25, 0.3) is 0 Å². The van der Waals surface area contributed by atoms with E-state index in [1.807, 2.05) is 54.6 Å². The molecule has 1 N–H and O–H groups in total. The van der Waals surface area contributed by atoms with Crippen molar-refractivity contribution in [3.05, 3.63) is 125 Å². The molecule has 209 valence electrons. The molecule has 0 radical (unpaired) electrons. The van der Waals surface area contributed by atoms with Gasteiger partial charge in [-0.3, -0.25) is 4.99 Å². The van der Waals surface area contributed by atoms with Crippen molar-refractivity contribution in [2.75, 3.05) is 7.11 Å². The van der Waals surface area contributed by atoms with Gasteiger partial charge in [-0.2, -0.15) is 0 Å². The summed E-state index contributed by atoms with van der Waals surface area (Å²) < 4.78 is 5.66. The molecule has 0 spiro atoms. The van der Waals surface area contributed by atoms with Crippen LogP contribution < -0.4 is 4.74 Å². The Hall–Kier alpha value is -2.79. The standard InChI is InChI=1S/C34H31NO2.3ClH.Ti/c1-23-20-25(33(36)29(21-23)34(2,3)26-14-6-5-7-15-26)22-35-30-18-11-13-24-12-10-17-28(32(24)30)27-16-8-9-19-31(27)37-4;;;;/h5-22,36H,1-4H3;3*1H;/q;;;;+3/p-3. The number of aromatic hydroxyl groups is 1. The van der Waals surface area contributed by atoms with E-state index < -0.39 is 14.7 Å².